The maximum Gasteiger partial charge on any atom is 0.328 e. The van der Waals surface area contributed by atoms with Gasteiger partial charge in [-0.1, -0.05) is 52.4 Å². The summed E-state index contributed by atoms with van der Waals surface area (Å²) in [6.07, 6.45) is 10.7. The largest absolute Gasteiger partial charge is 0.467 e. The van der Waals surface area contributed by atoms with Crippen molar-refractivity contribution in [3.05, 3.63) is 0 Å². The number of urea groups is 2. The van der Waals surface area contributed by atoms with Crippen molar-refractivity contribution in [2.45, 2.75) is 90.5 Å². The first-order chi connectivity index (χ1) is 14.0. The molecule has 0 saturated carbocycles. The molecule has 8 heteroatoms. The number of esters is 1. The van der Waals surface area contributed by atoms with Crippen molar-refractivity contribution in [3.63, 3.8) is 0 Å². The molecule has 4 amide bonds. The van der Waals surface area contributed by atoms with Crippen molar-refractivity contribution >= 4 is 18.0 Å². The van der Waals surface area contributed by atoms with E-state index in [-0.39, 0.29) is 12.1 Å². The molecule has 0 aromatic carbocycles. The van der Waals surface area contributed by atoms with Gasteiger partial charge in [0, 0.05) is 19.6 Å². The highest BCUT2D eigenvalue weighted by Crippen LogP contribution is 2.03. The fourth-order valence-corrected chi connectivity index (χ4v) is 2.85. The van der Waals surface area contributed by atoms with Crippen molar-refractivity contribution in [1.29, 1.82) is 0 Å². The van der Waals surface area contributed by atoms with Crippen LogP contribution < -0.4 is 21.3 Å². The number of carbonyl (C=O) groups excluding carboxylic acids is 3. The lowest BCUT2D eigenvalue weighted by molar-refractivity contribution is -0.143. The molecule has 0 aromatic heterocycles. The summed E-state index contributed by atoms with van der Waals surface area (Å²) >= 11 is 0. The van der Waals surface area contributed by atoms with Gasteiger partial charge in [-0.15, -0.1) is 0 Å². The summed E-state index contributed by atoms with van der Waals surface area (Å²) in [4.78, 5) is 35.5. The van der Waals surface area contributed by atoms with Gasteiger partial charge in [0.15, 0.2) is 0 Å². The number of amides is 4. The van der Waals surface area contributed by atoms with Gasteiger partial charge in [-0.05, 0) is 32.1 Å². The molecule has 0 aromatic rings. The quantitative estimate of drug-likeness (QED) is 0.216. The second-order valence-electron chi connectivity index (χ2n) is 7.28. The van der Waals surface area contributed by atoms with Gasteiger partial charge in [0.1, 0.15) is 6.04 Å². The predicted octanol–water partition coefficient (Wildman–Crippen LogP) is 3.46. The third-order valence-electron chi connectivity index (χ3n) is 4.63. The van der Waals surface area contributed by atoms with Crippen molar-refractivity contribution in [2.24, 2.45) is 0 Å². The molecule has 0 fully saturated rings. The highest BCUT2D eigenvalue weighted by Gasteiger charge is 2.20. The van der Waals surface area contributed by atoms with Crippen LogP contribution in [-0.2, 0) is 9.53 Å². The molecular formula is C21H42N4O4. The molecule has 0 rings (SSSR count). The molecule has 1 unspecified atom stereocenters. The molecule has 0 aliphatic carbocycles. The Balaban J connectivity index is 3.93. The van der Waals surface area contributed by atoms with Gasteiger partial charge in [0.05, 0.1) is 7.11 Å². The van der Waals surface area contributed by atoms with E-state index in [4.69, 9.17) is 4.74 Å². The van der Waals surface area contributed by atoms with E-state index in [1.54, 1.807) is 0 Å². The zero-order valence-electron chi connectivity index (χ0n) is 18.6. The van der Waals surface area contributed by atoms with Crippen LogP contribution in [0.5, 0.6) is 0 Å². The molecule has 0 aliphatic rings. The molecule has 29 heavy (non-hydrogen) atoms. The molecule has 0 radical (unpaired) electrons. The summed E-state index contributed by atoms with van der Waals surface area (Å²) in [5.74, 6) is -0.455. The van der Waals surface area contributed by atoms with E-state index in [2.05, 4.69) is 35.1 Å². The second kappa shape index (κ2) is 19.3. The minimum Gasteiger partial charge on any atom is -0.467 e. The molecule has 0 heterocycles. The molecular weight excluding hydrogens is 372 g/mol. The second-order valence-corrected chi connectivity index (χ2v) is 7.28. The number of carbonyl (C=O) groups is 3. The molecule has 170 valence electrons. The first-order valence-corrected chi connectivity index (χ1v) is 11.2. The zero-order chi connectivity index (χ0) is 21.7. The summed E-state index contributed by atoms with van der Waals surface area (Å²) in [7, 11) is 1.31. The monoisotopic (exact) mass is 414 g/mol. The van der Waals surface area contributed by atoms with Crippen LogP contribution in [0.3, 0.4) is 0 Å². The molecule has 0 spiro atoms. The van der Waals surface area contributed by atoms with Crippen molar-refractivity contribution < 1.29 is 19.1 Å². The fraction of sp³-hybridized carbons (Fsp3) is 0.857. The van der Waals surface area contributed by atoms with Crippen LogP contribution >= 0.6 is 0 Å². The summed E-state index contributed by atoms with van der Waals surface area (Å²) in [5.41, 5.74) is 0. The van der Waals surface area contributed by atoms with Crippen LogP contribution in [0.2, 0.25) is 0 Å². The van der Waals surface area contributed by atoms with E-state index >= 15 is 0 Å². The first-order valence-electron chi connectivity index (χ1n) is 11.2. The summed E-state index contributed by atoms with van der Waals surface area (Å²) in [6, 6.07) is -1.19. The predicted molar refractivity (Wildman–Crippen MR) is 116 cm³/mol. The van der Waals surface area contributed by atoms with Gasteiger partial charge in [-0.2, -0.15) is 0 Å². The van der Waals surface area contributed by atoms with Crippen LogP contribution in [-0.4, -0.2) is 50.8 Å². The normalized spacial score (nSPS) is 11.4. The van der Waals surface area contributed by atoms with E-state index in [1.807, 2.05) is 0 Å². The smallest absolute Gasteiger partial charge is 0.328 e. The average Bonchev–Trinajstić information content (AvgIpc) is 2.71. The van der Waals surface area contributed by atoms with Crippen LogP contribution in [0.4, 0.5) is 9.59 Å². The standard InChI is InChI=1S/C21H42N4O4/c1-4-6-8-11-15-22-20(27)23-17-13-10-14-18(19(26)29-3)25-21(28)24-16-12-9-7-5-2/h18H,4-17H2,1-3H3,(H2,22,23,27)(H2,24,25,28). The molecule has 0 saturated heterocycles. The molecule has 8 nitrogen and oxygen atoms in total. The van der Waals surface area contributed by atoms with Crippen molar-refractivity contribution in [3.8, 4) is 0 Å². The Morgan fingerprint density at radius 1 is 0.690 bits per heavy atom. The number of hydrogen-bond donors (Lipinski definition) is 4. The van der Waals surface area contributed by atoms with E-state index in [1.165, 1.54) is 20.0 Å². The number of methoxy groups -OCH3 is 1. The number of hydrogen-bond acceptors (Lipinski definition) is 4. The average molecular weight is 415 g/mol. The maximum atomic E-state index is 12.0. The van der Waals surface area contributed by atoms with Gasteiger partial charge in [-0.3, -0.25) is 0 Å². The van der Waals surface area contributed by atoms with Crippen LogP contribution in [0.15, 0.2) is 0 Å². The Morgan fingerprint density at radius 3 is 1.66 bits per heavy atom. The number of nitrogens with one attached hydrogen (secondary N) is 4. The number of ether oxygens (including phenoxy) is 1. The molecule has 4 N–H and O–H groups in total. The van der Waals surface area contributed by atoms with Crippen molar-refractivity contribution in [1.82, 2.24) is 21.3 Å². The third kappa shape index (κ3) is 16.6. The molecule has 0 bridgehead atoms. The lowest BCUT2D eigenvalue weighted by Crippen LogP contribution is -2.46. The van der Waals surface area contributed by atoms with Crippen molar-refractivity contribution in [2.75, 3.05) is 26.7 Å². The topological polar surface area (TPSA) is 109 Å². The highest BCUT2D eigenvalue weighted by atomic mass is 16.5. The number of rotatable bonds is 17. The molecule has 1 atom stereocenters. The highest BCUT2D eigenvalue weighted by molar-refractivity contribution is 5.83. The van der Waals surface area contributed by atoms with Gasteiger partial charge >= 0.3 is 18.0 Å². The maximum absolute atomic E-state index is 12.0. The van der Waals surface area contributed by atoms with Gasteiger partial charge in [0.25, 0.3) is 0 Å². The van der Waals surface area contributed by atoms with Crippen LogP contribution in [0.1, 0.15) is 84.5 Å². The Morgan fingerprint density at radius 2 is 1.17 bits per heavy atom. The number of unbranched alkanes of at least 4 members (excludes halogenated alkanes) is 7. The minimum atomic E-state index is -0.678. The van der Waals surface area contributed by atoms with Gasteiger partial charge in [0.2, 0.25) is 0 Å². The van der Waals surface area contributed by atoms with Crippen LogP contribution in [0.25, 0.3) is 0 Å². The lowest BCUT2D eigenvalue weighted by atomic mass is 10.1. The summed E-state index contributed by atoms with van der Waals surface area (Å²) in [5, 5.41) is 11.1. The van der Waals surface area contributed by atoms with Crippen LogP contribution in [0, 0.1) is 0 Å². The lowest BCUT2D eigenvalue weighted by Gasteiger charge is -2.17. The zero-order valence-corrected chi connectivity index (χ0v) is 18.6. The van der Waals surface area contributed by atoms with E-state index < -0.39 is 12.0 Å². The van der Waals surface area contributed by atoms with Gasteiger partial charge in [-0.25, -0.2) is 14.4 Å². The summed E-state index contributed by atoms with van der Waals surface area (Å²) < 4.78 is 4.78. The summed E-state index contributed by atoms with van der Waals surface area (Å²) in [6.45, 7) is 6.10. The SMILES string of the molecule is CCCCCCNC(=O)NCCCCC(NC(=O)NCCCCCC)C(=O)OC. The van der Waals surface area contributed by atoms with Gasteiger partial charge < -0.3 is 26.0 Å². The van der Waals surface area contributed by atoms with E-state index in [0.29, 0.717) is 32.5 Å². The Hall–Kier alpha value is -1.99. The Labute approximate surface area is 176 Å². The third-order valence-corrected chi connectivity index (χ3v) is 4.63. The minimum absolute atomic E-state index is 0.161. The fourth-order valence-electron chi connectivity index (χ4n) is 2.85. The van der Waals surface area contributed by atoms with E-state index in [9.17, 15) is 14.4 Å². The Kier molecular flexibility index (Phi) is 18.0. The first kappa shape index (κ1) is 27.0. The molecule has 0 aliphatic heterocycles. The Bertz CT molecular complexity index is 446. The van der Waals surface area contributed by atoms with E-state index in [0.717, 1.165) is 44.9 Å².